The van der Waals surface area contributed by atoms with Crippen LogP contribution >= 0.6 is 0 Å². The number of nitrogens with one attached hydrogen (secondary N) is 2. The lowest BCUT2D eigenvalue weighted by molar-refractivity contribution is 0.0706. The highest BCUT2D eigenvalue weighted by Crippen LogP contribution is 2.19. The van der Waals surface area contributed by atoms with Crippen molar-refractivity contribution in [2.45, 2.75) is 6.42 Å². The first kappa shape index (κ1) is 15.1. The average Bonchev–Trinajstić information content (AvgIpc) is 2.90. The van der Waals surface area contributed by atoms with Crippen LogP contribution in [-0.4, -0.2) is 27.2 Å². The van der Waals surface area contributed by atoms with Gasteiger partial charge in [0.1, 0.15) is 0 Å². The van der Waals surface area contributed by atoms with Gasteiger partial charge in [0.25, 0.3) is 5.91 Å². The number of hydrogen-bond donors (Lipinski definition) is 3. The fraction of sp³-hybridized carbons (Fsp3) is 0.176. The van der Waals surface area contributed by atoms with E-state index in [0.29, 0.717) is 11.1 Å². The van der Waals surface area contributed by atoms with Crippen LogP contribution in [0.15, 0.2) is 48.5 Å². The Hall–Kier alpha value is -2.86. The molecule has 3 aromatic rings. The smallest absolute Gasteiger partial charge is 0.274 e. The molecule has 0 spiro atoms. The fourth-order valence-electron chi connectivity index (χ4n) is 2.53. The molecule has 118 valence electrons. The van der Waals surface area contributed by atoms with Gasteiger partial charge in [0.05, 0.1) is 11.0 Å². The van der Waals surface area contributed by atoms with Gasteiger partial charge in [0, 0.05) is 19.2 Å². The van der Waals surface area contributed by atoms with E-state index < -0.39 is 5.91 Å². The molecule has 0 atom stereocenters. The molecule has 1 aromatic heterocycles. The van der Waals surface area contributed by atoms with Crippen LogP contribution in [0.4, 0.5) is 5.95 Å². The molecule has 3 N–H and O–H groups in total. The van der Waals surface area contributed by atoms with Gasteiger partial charge in [-0.25, -0.2) is 10.5 Å². The van der Waals surface area contributed by atoms with Crippen LogP contribution in [0.5, 0.6) is 0 Å². The number of aromatic nitrogens is 2. The molecule has 23 heavy (non-hydrogen) atoms. The molecule has 6 nitrogen and oxygen atoms in total. The van der Waals surface area contributed by atoms with Gasteiger partial charge < -0.3 is 9.88 Å². The second-order valence-electron chi connectivity index (χ2n) is 5.30. The molecule has 0 saturated heterocycles. The Morgan fingerprint density at radius 1 is 1.22 bits per heavy atom. The number of aryl methyl sites for hydroxylation is 1. The van der Waals surface area contributed by atoms with Gasteiger partial charge in [0.2, 0.25) is 5.95 Å². The number of carbonyl (C=O) groups is 1. The van der Waals surface area contributed by atoms with Crippen molar-refractivity contribution in [3.63, 3.8) is 0 Å². The van der Waals surface area contributed by atoms with E-state index in [4.69, 9.17) is 5.21 Å². The molecule has 1 heterocycles. The first-order valence-corrected chi connectivity index (χ1v) is 7.38. The van der Waals surface area contributed by atoms with Gasteiger partial charge in [-0.3, -0.25) is 10.0 Å². The maximum atomic E-state index is 11.5. The zero-order chi connectivity index (χ0) is 16.2. The van der Waals surface area contributed by atoms with E-state index in [0.717, 1.165) is 24.4 Å². The minimum atomic E-state index is -0.545. The Morgan fingerprint density at radius 3 is 2.74 bits per heavy atom. The zero-order valence-electron chi connectivity index (χ0n) is 12.8. The summed E-state index contributed by atoms with van der Waals surface area (Å²) in [4.78, 5) is 16.0. The van der Waals surface area contributed by atoms with Crippen molar-refractivity contribution in [3.8, 4) is 0 Å². The summed E-state index contributed by atoms with van der Waals surface area (Å²) >= 11 is 0. The molecular weight excluding hydrogens is 292 g/mol. The molecule has 0 bridgehead atoms. The predicted octanol–water partition coefficient (Wildman–Crippen LogP) is 2.35. The van der Waals surface area contributed by atoms with Crippen LogP contribution < -0.4 is 10.8 Å². The monoisotopic (exact) mass is 310 g/mol. The number of benzene rings is 2. The van der Waals surface area contributed by atoms with Gasteiger partial charge in [-0.05, 0) is 30.2 Å². The summed E-state index contributed by atoms with van der Waals surface area (Å²) in [5.41, 5.74) is 4.89. The van der Waals surface area contributed by atoms with Crippen molar-refractivity contribution in [1.82, 2.24) is 15.0 Å². The maximum absolute atomic E-state index is 11.5. The number of imidazole rings is 1. The first-order chi connectivity index (χ1) is 11.2. The topological polar surface area (TPSA) is 79.2 Å². The summed E-state index contributed by atoms with van der Waals surface area (Å²) in [7, 11) is 1.92. The van der Waals surface area contributed by atoms with Crippen LogP contribution in [0, 0.1) is 0 Å². The van der Waals surface area contributed by atoms with Gasteiger partial charge in [-0.2, -0.15) is 0 Å². The largest absolute Gasteiger partial charge is 0.355 e. The number of hydrogen-bond acceptors (Lipinski definition) is 4. The van der Waals surface area contributed by atoms with Gasteiger partial charge >= 0.3 is 0 Å². The number of rotatable bonds is 5. The maximum Gasteiger partial charge on any atom is 0.274 e. The summed E-state index contributed by atoms with van der Waals surface area (Å²) in [5, 5.41) is 12.0. The standard InChI is InChI=1S/C17H18N4O2/c1-21-15-8-7-13(16(22)20-23)11-14(15)19-17(21)18-10-9-12-5-3-2-4-6-12/h2-8,11,23H,9-10H2,1H3,(H,18,19)(H,20,22). The van der Waals surface area contributed by atoms with Crippen molar-refractivity contribution < 1.29 is 10.0 Å². The molecule has 0 fully saturated rings. The quantitative estimate of drug-likeness (QED) is 0.499. The molecule has 0 aliphatic rings. The zero-order valence-corrected chi connectivity index (χ0v) is 12.8. The fourth-order valence-corrected chi connectivity index (χ4v) is 2.53. The lowest BCUT2D eigenvalue weighted by Crippen LogP contribution is -2.18. The van der Waals surface area contributed by atoms with Crippen molar-refractivity contribution in [2.24, 2.45) is 7.05 Å². The second-order valence-corrected chi connectivity index (χ2v) is 5.30. The molecule has 0 aliphatic carbocycles. The van der Waals surface area contributed by atoms with Crippen molar-refractivity contribution in [1.29, 1.82) is 0 Å². The highest BCUT2D eigenvalue weighted by Gasteiger charge is 2.11. The van der Waals surface area contributed by atoms with Gasteiger partial charge in [-0.15, -0.1) is 0 Å². The van der Waals surface area contributed by atoms with Crippen molar-refractivity contribution in [2.75, 3.05) is 11.9 Å². The van der Waals surface area contributed by atoms with E-state index in [-0.39, 0.29) is 0 Å². The molecule has 0 saturated carbocycles. The number of nitrogens with zero attached hydrogens (tertiary/aromatic N) is 2. The molecule has 0 unspecified atom stereocenters. The Kier molecular flexibility index (Phi) is 4.25. The van der Waals surface area contributed by atoms with E-state index in [9.17, 15) is 4.79 Å². The van der Waals surface area contributed by atoms with Crippen LogP contribution in [0.2, 0.25) is 0 Å². The molecule has 3 rings (SSSR count). The van der Waals surface area contributed by atoms with E-state index in [1.807, 2.05) is 35.9 Å². The number of amides is 1. The summed E-state index contributed by atoms with van der Waals surface area (Å²) in [6.07, 6.45) is 0.905. The summed E-state index contributed by atoms with van der Waals surface area (Å²) in [6.45, 7) is 0.769. The van der Waals surface area contributed by atoms with E-state index in [1.54, 1.807) is 17.6 Å². The molecule has 2 aromatic carbocycles. The lowest BCUT2D eigenvalue weighted by atomic mass is 10.1. The van der Waals surface area contributed by atoms with Crippen LogP contribution in [0.3, 0.4) is 0 Å². The Bertz CT molecular complexity index is 827. The molecule has 6 heteroatoms. The molecule has 1 amide bonds. The minimum absolute atomic E-state index is 0.369. The van der Waals surface area contributed by atoms with E-state index in [1.165, 1.54) is 5.56 Å². The van der Waals surface area contributed by atoms with Crippen LogP contribution in [0.25, 0.3) is 11.0 Å². The Balaban J connectivity index is 1.76. The molecule has 0 aliphatic heterocycles. The number of anilines is 1. The number of carbonyl (C=O) groups excluding carboxylic acids is 1. The van der Waals surface area contributed by atoms with E-state index >= 15 is 0 Å². The second kappa shape index (κ2) is 6.50. The third-order valence-electron chi connectivity index (χ3n) is 3.78. The minimum Gasteiger partial charge on any atom is -0.355 e. The van der Waals surface area contributed by atoms with Crippen molar-refractivity contribution >= 4 is 22.9 Å². The molecule has 0 radical (unpaired) electrons. The Morgan fingerprint density at radius 2 is 2.00 bits per heavy atom. The number of hydroxylamine groups is 1. The molecular formula is C17H18N4O2. The summed E-state index contributed by atoms with van der Waals surface area (Å²) in [6, 6.07) is 15.4. The highest BCUT2D eigenvalue weighted by molar-refractivity contribution is 5.97. The third kappa shape index (κ3) is 3.17. The van der Waals surface area contributed by atoms with Gasteiger partial charge in [0.15, 0.2) is 0 Å². The van der Waals surface area contributed by atoms with E-state index in [2.05, 4.69) is 22.4 Å². The average molecular weight is 310 g/mol. The van der Waals surface area contributed by atoms with Crippen LogP contribution in [0.1, 0.15) is 15.9 Å². The summed E-state index contributed by atoms with van der Waals surface area (Å²) in [5.74, 6) is 0.202. The Labute approximate surface area is 133 Å². The predicted molar refractivity (Wildman–Crippen MR) is 88.6 cm³/mol. The van der Waals surface area contributed by atoms with Gasteiger partial charge in [-0.1, -0.05) is 30.3 Å². The normalized spacial score (nSPS) is 10.7. The van der Waals surface area contributed by atoms with Crippen LogP contribution in [-0.2, 0) is 13.5 Å². The third-order valence-corrected chi connectivity index (χ3v) is 3.78. The first-order valence-electron chi connectivity index (χ1n) is 7.38. The lowest BCUT2D eigenvalue weighted by Gasteiger charge is -2.06. The highest BCUT2D eigenvalue weighted by atomic mass is 16.5. The number of fused-ring (bicyclic) bond motifs is 1. The van der Waals surface area contributed by atoms with Crippen molar-refractivity contribution in [3.05, 3.63) is 59.7 Å². The SMILES string of the molecule is Cn1c(NCCc2ccccc2)nc2cc(C(=O)NO)ccc21. The summed E-state index contributed by atoms with van der Waals surface area (Å²) < 4.78 is 1.95.